The lowest BCUT2D eigenvalue weighted by atomic mass is 10.5. The Morgan fingerprint density at radius 1 is 1.38 bits per heavy atom. The first-order valence-electron chi connectivity index (χ1n) is 3.12. The lowest BCUT2D eigenvalue weighted by Crippen LogP contribution is -2.36. The molecule has 0 aliphatic rings. The first-order chi connectivity index (χ1) is 6.02. The highest BCUT2D eigenvalue weighted by Crippen LogP contribution is 1.77. The largest absolute Gasteiger partial charge is 0.474 e. The Labute approximate surface area is 70.3 Å². The number of carboxylic acids is 1. The molecule has 0 radical (unpaired) electrons. The summed E-state index contributed by atoms with van der Waals surface area (Å²) in [5.41, 5.74) is -1.76. The molecule has 0 saturated carbocycles. The van der Waals surface area contributed by atoms with Gasteiger partial charge < -0.3 is 5.11 Å². The number of carboxylic acid groups (broad SMARTS) is 1. The molecule has 0 saturated heterocycles. The minimum Gasteiger partial charge on any atom is -0.474 e. The number of rotatable bonds is 0. The third-order valence-corrected chi connectivity index (χ3v) is 1.23. The minimum atomic E-state index is -1.77. The van der Waals surface area contributed by atoms with Gasteiger partial charge in [0.1, 0.15) is 0 Å². The molecule has 0 aromatic carbocycles. The number of nitrogens with one attached hydrogen (secondary N) is 1. The summed E-state index contributed by atoms with van der Waals surface area (Å²) in [6.07, 6.45) is 0.803. The predicted molar refractivity (Wildman–Crippen MR) is 39.6 cm³/mol. The van der Waals surface area contributed by atoms with Crippen LogP contribution in [0.15, 0.2) is 21.9 Å². The van der Waals surface area contributed by atoms with Gasteiger partial charge in [-0.05, 0) is 0 Å². The van der Waals surface area contributed by atoms with Crippen molar-refractivity contribution in [3.8, 4) is 0 Å². The van der Waals surface area contributed by atoms with Crippen molar-refractivity contribution < 1.29 is 14.7 Å². The minimum absolute atomic E-state index is 0.295. The second-order valence-electron chi connectivity index (χ2n) is 2.09. The van der Waals surface area contributed by atoms with Gasteiger partial charge in [0.25, 0.3) is 5.56 Å². The summed E-state index contributed by atoms with van der Waals surface area (Å²) in [4.78, 5) is 43.9. The van der Waals surface area contributed by atoms with Crippen LogP contribution < -0.4 is 11.2 Å². The van der Waals surface area contributed by atoms with Crippen LogP contribution in [0.3, 0.4) is 0 Å². The Kier molecular flexibility index (Phi) is 2.09. The molecule has 0 unspecified atom stereocenters. The highest BCUT2D eigenvalue weighted by Gasteiger charge is 2.14. The fourth-order valence-corrected chi connectivity index (χ4v) is 0.680. The molecule has 7 heteroatoms. The van der Waals surface area contributed by atoms with Crippen LogP contribution in [0.4, 0.5) is 0 Å². The number of hydrogen-bond acceptors (Lipinski definition) is 4. The molecule has 0 spiro atoms. The first-order valence-corrected chi connectivity index (χ1v) is 3.12. The van der Waals surface area contributed by atoms with Crippen LogP contribution in [0.5, 0.6) is 0 Å². The van der Waals surface area contributed by atoms with Crippen LogP contribution in [-0.2, 0) is 4.79 Å². The van der Waals surface area contributed by atoms with E-state index in [1.54, 1.807) is 4.98 Å². The number of aliphatic carboxylic acids is 1. The van der Waals surface area contributed by atoms with Gasteiger partial charge in [-0.2, -0.15) is 0 Å². The average Bonchev–Trinajstić information content (AvgIpc) is 2.03. The molecule has 0 atom stereocenters. The monoisotopic (exact) mass is 184 g/mol. The highest BCUT2D eigenvalue weighted by atomic mass is 16.4. The first kappa shape index (κ1) is 8.91. The van der Waals surface area contributed by atoms with Gasteiger partial charge in [-0.1, -0.05) is 0 Å². The van der Waals surface area contributed by atoms with Crippen molar-refractivity contribution in [3.63, 3.8) is 0 Å². The summed E-state index contributed by atoms with van der Waals surface area (Å²) in [5, 5.41) is 8.23. The van der Waals surface area contributed by atoms with Crippen molar-refractivity contribution in [1.29, 1.82) is 0 Å². The lowest BCUT2D eigenvalue weighted by molar-refractivity contribution is -0.132. The van der Waals surface area contributed by atoms with E-state index in [0.717, 1.165) is 12.3 Å². The third kappa shape index (κ3) is 1.70. The molecule has 7 nitrogen and oxygen atoms in total. The van der Waals surface area contributed by atoms with Gasteiger partial charge in [-0.3, -0.25) is 14.6 Å². The summed E-state index contributed by atoms with van der Waals surface area (Å²) in [7, 11) is 0. The van der Waals surface area contributed by atoms with Crippen LogP contribution in [0.25, 0.3) is 0 Å². The zero-order chi connectivity index (χ0) is 10.0. The van der Waals surface area contributed by atoms with Gasteiger partial charge in [0.2, 0.25) is 0 Å². The van der Waals surface area contributed by atoms with Crippen LogP contribution in [0, 0.1) is 0 Å². The van der Waals surface area contributed by atoms with E-state index in [4.69, 9.17) is 5.11 Å². The van der Waals surface area contributed by atoms with Crippen LogP contribution in [-0.4, -0.2) is 26.5 Å². The van der Waals surface area contributed by atoms with Gasteiger partial charge >= 0.3 is 17.6 Å². The summed E-state index contributed by atoms with van der Waals surface area (Å²) in [6.45, 7) is 0. The molecule has 0 fully saturated rings. The molecule has 0 bridgehead atoms. The highest BCUT2D eigenvalue weighted by molar-refractivity contribution is 6.32. The van der Waals surface area contributed by atoms with Crippen molar-refractivity contribution in [2.75, 3.05) is 0 Å². The van der Waals surface area contributed by atoms with E-state index >= 15 is 0 Å². The Balaban J connectivity index is 3.33. The van der Waals surface area contributed by atoms with Crippen molar-refractivity contribution in [1.82, 2.24) is 9.55 Å². The Hall–Kier alpha value is -2.18. The molecule has 1 aromatic rings. The Morgan fingerprint density at radius 2 is 2.00 bits per heavy atom. The van der Waals surface area contributed by atoms with Crippen molar-refractivity contribution >= 4 is 11.9 Å². The van der Waals surface area contributed by atoms with E-state index < -0.39 is 23.1 Å². The summed E-state index contributed by atoms with van der Waals surface area (Å²) in [6, 6.07) is 0.877. The molecule has 2 N–H and O–H groups in total. The van der Waals surface area contributed by atoms with E-state index in [9.17, 15) is 19.2 Å². The van der Waals surface area contributed by atoms with Gasteiger partial charge in [-0.25, -0.2) is 14.2 Å². The second-order valence-corrected chi connectivity index (χ2v) is 2.09. The van der Waals surface area contributed by atoms with Crippen molar-refractivity contribution in [2.24, 2.45) is 0 Å². The second kappa shape index (κ2) is 3.05. The molecule has 1 heterocycles. The van der Waals surface area contributed by atoms with E-state index in [2.05, 4.69) is 0 Å². The molecule has 13 heavy (non-hydrogen) atoms. The van der Waals surface area contributed by atoms with E-state index in [-0.39, 0.29) is 0 Å². The van der Waals surface area contributed by atoms with Crippen molar-refractivity contribution in [2.45, 2.75) is 0 Å². The van der Waals surface area contributed by atoms with E-state index in [1.165, 1.54) is 0 Å². The molecule has 1 rings (SSSR count). The number of aromatic nitrogens is 2. The topological polar surface area (TPSA) is 109 Å². The van der Waals surface area contributed by atoms with Crippen LogP contribution in [0.1, 0.15) is 4.79 Å². The maximum atomic E-state index is 10.8. The summed E-state index contributed by atoms with van der Waals surface area (Å²) in [5.74, 6) is -3.18. The molecule has 1 aromatic heterocycles. The van der Waals surface area contributed by atoms with Gasteiger partial charge in [0.15, 0.2) is 0 Å². The van der Waals surface area contributed by atoms with Gasteiger partial charge in [0.05, 0.1) is 0 Å². The number of nitrogens with zero attached hydrogens (tertiary/aromatic N) is 1. The molecule has 0 amide bonds. The van der Waals surface area contributed by atoms with Gasteiger partial charge in [0, 0.05) is 12.3 Å². The van der Waals surface area contributed by atoms with Crippen molar-refractivity contribution in [3.05, 3.63) is 33.1 Å². The summed E-state index contributed by atoms with van der Waals surface area (Å²) >= 11 is 0. The molecular formula is C6H4N2O5. The Bertz CT molecular complexity index is 468. The molecule has 0 aliphatic heterocycles. The number of carbonyl (C=O) groups is 2. The Morgan fingerprint density at radius 3 is 2.46 bits per heavy atom. The zero-order valence-electron chi connectivity index (χ0n) is 6.18. The maximum Gasteiger partial charge on any atom is 0.395 e. The smallest absolute Gasteiger partial charge is 0.395 e. The standard InChI is InChI=1S/C6H4N2O5/c9-3-1-2-8(6(13)7-3)4(10)5(11)12/h1-2H,(H,11,12)(H,7,9,13). The van der Waals surface area contributed by atoms with Gasteiger partial charge in [-0.15, -0.1) is 0 Å². The number of carbonyl (C=O) groups excluding carboxylic acids is 1. The fraction of sp³-hybridized carbons (Fsp3) is 0. The molecule has 0 aliphatic carbocycles. The zero-order valence-corrected chi connectivity index (χ0v) is 6.18. The fourth-order valence-electron chi connectivity index (χ4n) is 0.680. The quantitative estimate of drug-likeness (QED) is 0.465. The average molecular weight is 184 g/mol. The third-order valence-electron chi connectivity index (χ3n) is 1.23. The number of aromatic amines is 1. The number of hydrogen-bond donors (Lipinski definition) is 2. The lowest BCUT2D eigenvalue weighted by Gasteiger charge is -1.96. The molecule has 68 valence electrons. The van der Waals surface area contributed by atoms with E-state index in [0.29, 0.717) is 4.57 Å². The maximum absolute atomic E-state index is 10.8. The van der Waals surface area contributed by atoms with Crippen LogP contribution in [0.2, 0.25) is 0 Å². The number of H-pyrrole nitrogens is 1. The SMILES string of the molecule is O=C(O)C(=O)n1ccc(=O)[nH]c1=O. The normalized spacial score (nSPS) is 9.54. The molecular weight excluding hydrogens is 180 g/mol. The summed E-state index contributed by atoms with van der Waals surface area (Å²) < 4.78 is 0.295. The predicted octanol–water partition coefficient (Wildman–Crippen LogP) is -1.74. The van der Waals surface area contributed by atoms with E-state index in [1.807, 2.05) is 0 Å². The van der Waals surface area contributed by atoms with Crippen LogP contribution >= 0.6 is 0 Å².